The molecule has 11 heteroatoms. The minimum Gasteiger partial charge on any atom is -0.367 e. The lowest BCUT2D eigenvalue weighted by molar-refractivity contribution is -0.123. The highest BCUT2D eigenvalue weighted by Gasteiger charge is 2.42. The summed E-state index contributed by atoms with van der Waals surface area (Å²) >= 11 is 6.54. The number of sulfone groups is 1. The van der Waals surface area contributed by atoms with Crippen LogP contribution >= 0.6 is 24.0 Å². The van der Waals surface area contributed by atoms with Crippen LogP contribution in [0.5, 0.6) is 0 Å². The highest BCUT2D eigenvalue weighted by atomic mass is 32.2. The predicted molar refractivity (Wildman–Crippen MR) is 139 cm³/mol. The van der Waals surface area contributed by atoms with Gasteiger partial charge in [-0.1, -0.05) is 49.3 Å². The maximum Gasteiger partial charge on any atom is 0.267 e. The van der Waals surface area contributed by atoms with Gasteiger partial charge in [0, 0.05) is 12.2 Å². The molecule has 1 unspecified atom stereocenters. The molecule has 1 saturated carbocycles. The molecule has 34 heavy (non-hydrogen) atoms. The molecule has 2 aromatic heterocycles. The maximum absolute atomic E-state index is 13.5. The quantitative estimate of drug-likeness (QED) is 0.487. The predicted octanol–water partition coefficient (Wildman–Crippen LogP) is 3.14. The minimum absolute atomic E-state index is 0.0541. The molecule has 2 aliphatic heterocycles. The molecule has 0 bridgehead atoms. The van der Waals surface area contributed by atoms with Gasteiger partial charge in [-0.15, -0.1) is 0 Å². The third kappa shape index (κ3) is 4.52. The molecule has 0 aromatic carbocycles. The Hall–Kier alpha value is -2.24. The molecule has 1 amide bonds. The van der Waals surface area contributed by atoms with Crippen LogP contribution in [-0.2, 0) is 14.6 Å². The van der Waals surface area contributed by atoms with Crippen molar-refractivity contribution in [1.29, 1.82) is 0 Å². The number of fused-ring (bicyclic) bond motifs is 1. The van der Waals surface area contributed by atoms with E-state index in [1.165, 1.54) is 15.7 Å². The summed E-state index contributed by atoms with van der Waals surface area (Å²) in [4.78, 5) is 33.2. The molecule has 0 radical (unpaired) electrons. The summed E-state index contributed by atoms with van der Waals surface area (Å²) in [6.45, 7) is 1.90. The van der Waals surface area contributed by atoms with Gasteiger partial charge in [-0.3, -0.25) is 18.9 Å². The third-order valence-corrected chi connectivity index (χ3v) is 9.70. The summed E-state index contributed by atoms with van der Waals surface area (Å²) in [5.74, 6) is 0.0862. The molecule has 1 atom stereocenters. The molecule has 1 aliphatic carbocycles. The molecule has 8 nitrogen and oxygen atoms in total. The van der Waals surface area contributed by atoms with Crippen LogP contribution < -0.4 is 10.9 Å². The Bertz CT molecular complexity index is 1380. The second-order valence-corrected chi connectivity index (χ2v) is 13.1. The summed E-state index contributed by atoms with van der Waals surface area (Å²) in [5.41, 5.74) is 1.51. The van der Waals surface area contributed by atoms with Crippen LogP contribution in [0, 0.1) is 6.92 Å². The molecule has 2 saturated heterocycles. The van der Waals surface area contributed by atoms with Gasteiger partial charge in [0.1, 0.15) is 15.8 Å². The SMILES string of the molecule is Cc1ccc2nc(NC3CCCCC3)c(C=C3SC(=S)N(C4CCS(=O)(=O)C4)C3=O)c(=O)n2c1. The van der Waals surface area contributed by atoms with Gasteiger partial charge in [-0.25, -0.2) is 13.4 Å². The summed E-state index contributed by atoms with van der Waals surface area (Å²) in [7, 11) is -3.17. The van der Waals surface area contributed by atoms with E-state index in [1.807, 2.05) is 19.1 Å². The van der Waals surface area contributed by atoms with Crippen molar-refractivity contribution in [2.45, 2.75) is 57.5 Å². The number of carbonyl (C=O) groups excluding carboxylic acids is 1. The van der Waals surface area contributed by atoms with Crippen molar-refractivity contribution in [1.82, 2.24) is 14.3 Å². The molecule has 3 fully saturated rings. The molecule has 3 aliphatic rings. The van der Waals surface area contributed by atoms with Crippen molar-refractivity contribution < 1.29 is 13.2 Å². The normalized spacial score (nSPS) is 24.4. The maximum atomic E-state index is 13.5. The molecule has 180 valence electrons. The van der Waals surface area contributed by atoms with Gasteiger partial charge in [-0.2, -0.15) is 0 Å². The van der Waals surface area contributed by atoms with Crippen molar-refractivity contribution >= 4 is 61.6 Å². The summed E-state index contributed by atoms with van der Waals surface area (Å²) in [6.07, 6.45) is 9.15. The number of rotatable bonds is 4. The van der Waals surface area contributed by atoms with Crippen LogP contribution in [0.15, 0.2) is 28.0 Å². The number of pyridine rings is 1. The van der Waals surface area contributed by atoms with Crippen molar-refractivity contribution in [2.75, 3.05) is 16.8 Å². The van der Waals surface area contributed by atoms with Gasteiger partial charge < -0.3 is 5.32 Å². The van der Waals surface area contributed by atoms with E-state index in [2.05, 4.69) is 5.32 Å². The second kappa shape index (κ2) is 9.09. The zero-order chi connectivity index (χ0) is 24.0. The molecule has 5 rings (SSSR count). The standard InChI is InChI=1S/C23H26N4O4S3/c1-14-7-8-19-25-20(24-15-5-3-2-4-6-15)17(21(28)26(19)12-14)11-18-22(29)27(23(32)33-18)16-9-10-34(30,31)13-16/h7-8,11-12,15-16,24H,2-6,9-10,13H2,1H3. The number of aryl methyl sites for hydroxylation is 1. The Morgan fingerprint density at radius 1 is 1.18 bits per heavy atom. The monoisotopic (exact) mass is 518 g/mol. The number of carbonyl (C=O) groups is 1. The number of aromatic nitrogens is 2. The van der Waals surface area contributed by atoms with E-state index >= 15 is 0 Å². The minimum atomic E-state index is -3.17. The lowest BCUT2D eigenvalue weighted by Crippen LogP contribution is -2.39. The lowest BCUT2D eigenvalue weighted by atomic mass is 9.95. The molecule has 4 heterocycles. The van der Waals surface area contributed by atoms with Crippen LogP contribution in [0.25, 0.3) is 11.7 Å². The molecular formula is C23H26N4O4S3. The molecule has 0 spiro atoms. The Morgan fingerprint density at radius 2 is 1.94 bits per heavy atom. The number of thioether (sulfide) groups is 1. The van der Waals surface area contributed by atoms with Gasteiger partial charge >= 0.3 is 0 Å². The van der Waals surface area contributed by atoms with Crippen molar-refractivity contribution in [3.05, 3.63) is 44.7 Å². The number of amides is 1. The van der Waals surface area contributed by atoms with Gasteiger partial charge in [0.25, 0.3) is 11.5 Å². The van der Waals surface area contributed by atoms with E-state index < -0.39 is 15.9 Å². The van der Waals surface area contributed by atoms with Crippen molar-refractivity contribution in [2.24, 2.45) is 0 Å². The van der Waals surface area contributed by atoms with Crippen LogP contribution in [0.1, 0.15) is 49.7 Å². The fraction of sp³-hybridized carbons (Fsp3) is 0.478. The van der Waals surface area contributed by atoms with Crippen LogP contribution in [0.2, 0.25) is 0 Å². The average molecular weight is 519 g/mol. The first-order valence-corrected chi connectivity index (χ1v) is 14.5. The van der Waals surface area contributed by atoms with Crippen LogP contribution in [0.3, 0.4) is 0 Å². The van der Waals surface area contributed by atoms with Gasteiger partial charge in [0.2, 0.25) is 0 Å². The average Bonchev–Trinajstić information content (AvgIpc) is 3.29. The second-order valence-electron chi connectivity index (χ2n) is 9.20. The highest BCUT2D eigenvalue weighted by Crippen LogP contribution is 2.36. The Kier molecular flexibility index (Phi) is 6.28. The summed E-state index contributed by atoms with van der Waals surface area (Å²) in [5, 5.41) is 3.46. The van der Waals surface area contributed by atoms with Crippen molar-refractivity contribution in [3.8, 4) is 0 Å². The topological polar surface area (TPSA) is 101 Å². The summed E-state index contributed by atoms with van der Waals surface area (Å²) < 4.78 is 25.7. The number of hydrogen-bond acceptors (Lipinski definition) is 8. The Labute approximate surface area is 207 Å². The first kappa shape index (κ1) is 23.5. The Morgan fingerprint density at radius 3 is 2.65 bits per heavy atom. The largest absolute Gasteiger partial charge is 0.367 e. The number of hydrogen-bond donors (Lipinski definition) is 1. The fourth-order valence-corrected chi connectivity index (χ4v) is 7.93. The number of anilines is 1. The van der Waals surface area contributed by atoms with Crippen molar-refractivity contribution in [3.63, 3.8) is 0 Å². The van der Waals surface area contributed by atoms with Crippen LogP contribution in [-0.4, -0.2) is 56.5 Å². The molecule has 1 N–H and O–H groups in total. The first-order valence-electron chi connectivity index (χ1n) is 11.5. The van der Waals surface area contributed by atoms with E-state index in [9.17, 15) is 18.0 Å². The molecular weight excluding hydrogens is 492 g/mol. The third-order valence-electron chi connectivity index (χ3n) is 6.62. The van der Waals surface area contributed by atoms with E-state index in [0.29, 0.717) is 32.7 Å². The zero-order valence-electron chi connectivity index (χ0n) is 18.8. The number of nitrogens with zero attached hydrogens (tertiary/aromatic N) is 3. The highest BCUT2D eigenvalue weighted by molar-refractivity contribution is 8.26. The fourth-order valence-electron chi connectivity index (χ4n) is 4.84. The zero-order valence-corrected chi connectivity index (χ0v) is 21.3. The van der Waals surface area contributed by atoms with E-state index in [-0.39, 0.29) is 29.0 Å². The van der Waals surface area contributed by atoms with E-state index in [0.717, 1.165) is 43.0 Å². The van der Waals surface area contributed by atoms with Gasteiger partial charge in [0.15, 0.2) is 9.84 Å². The lowest BCUT2D eigenvalue weighted by Gasteiger charge is -2.24. The van der Waals surface area contributed by atoms with Gasteiger partial charge in [-0.05, 0) is 43.9 Å². The van der Waals surface area contributed by atoms with E-state index in [1.54, 1.807) is 12.3 Å². The Balaban J connectivity index is 1.56. The smallest absolute Gasteiger partial charge is 0.267 e. The van der Waals surface area contributed by atoms with Crippen LogP contribution in [0.4, 0.5) is 5.82 Å². The first-order chi connectivity index (χ1) is 16.2. The number of nitrogens with one attached hydrogen (secondary N) is 1. The number of thiocarbonyl (C=S) groups is 1. The van der Waals surface area contributed by atoms with Gasteiger partial charge in [0.05, 0.1) is 28.0 Å². The van der Waals surface area contributed by atoms with E-state index in [4.69, 9.17) is 17.2 Å². The summed E-state index contributed by atoms with van der Waals surface area (Å²) in [6, 6.07) is 3.49. The molecule has 2 aromatic rings.